The average Bonchev–Trinajstić information content (AvgIpc) is 2.57. The second-order valence-corrected chi connectivity index (χ2v) is 6.03. The minimum absolute atomic E-state index is 0.0972. The van der Waals surface area contributed by atoms with E-state index >= 15 is 0 Å². The molecule has 5 nitrogen and oxygen atoms in total. The number of hydrogen-bond acceptors (Lipinski definition) is 4. The number of nitrogens with two attached hydrogens (primary N) is 1. The summed E-state index contributed by atoms with van der Waals surface area (Å²) in [5.41, 5.74) is 7.06. The first kappa shape index (κ1) is 19.5. The van der Waals surface area contributed by atoms with Gasteiger partial charge in [0.1, 0.15) is 5.75 Å². The molecule has 0 spiro atoms. The van der Waals surface area contributed by atoms with Gasteiger partial charge in [-0.3, -0.25) is 9.69 Å². The monoisotopic (exact) mass is 321 g/mol. The molecule has 0 aliphatic rings. The Balaban J connectivity index is 2.91. The minimum Gasteiger partial charge on any atom is -0.497 e. The van der Waals surface area contributed by atoms with Gasteiger partial charge < -0.3 is 15.8 Å². The number of benzene rings is 1. The van der Waals surface area contributed by atoms with Crippen LogP contribution in [-0.4, -0.2) is 43.6 Å². The van der Waals surface area contributed by atoms with Gasteiger partial charge in [0.15, 0.2) is 0 Å². The van der Waals surface area contributed by atoms with Crippen LogP contribution >= 0.6 is 0 Å². The topological polar surface area (TPSA) is 67.6 Å². The lowest BCUT2D eigenvalue weighted by atomic mass is 10.0. The highest BCUT2D eigenvalue weighted by Gasteiger charge is 2.22. The second kappa shape index (κ2) is 9.53. The van der Waals surface area contributed by atoms with E-state index in [2.05, 4.69) is 30.1 Å². The van der Waals surface area contributed by atoms with Crippen molar-refractivity contribution in [1.29, 1.82) is 0 Å². The molecule has 0 radical (unpaired) electrons. The van der Waals surface area contributed by atoms with Crippen LogP contribution < -0.4 is 15.8 Å². The number of carbonyl (C=O) groups excluding carboxylic acids is 1. The van der Waals surface area contributed by atoms with Crippen LogP contribution in [0.1, 0.15) is 39.3 Å². The second-order valence-electron chi connectivity index (χ2n) is 6.03. The highest BCUT2D eigenvalue weighted by atomic mass is 16.5. The molecule has 3 N–H and O–H groups in total. The van der Waals surface area contributed by atoms with Crippen molar-refractivity contribution in [3.8, 4) is 5.75 Å². The number of nitrogens with one attached hydrogen (secondary N) is 1. The molecule has 0 aromatic heterocycles. The zero-order chi connectivity index (χ0) is 17.4. The third-order valence-electron chi connectivity index (χ3n) is 4.22. The maximum absolute atomic E-state index is 12.2. The van der Waals surface area contributed by atoms with E-state index in [9.17, 15) is 4.79 Å². The van der Waals surface area contributed by atoms with Gasteiger partial charge in [-0.25, -0.2) is 0 Å². The van der Waals surface area contributed by atoms with Crippen molar-refractivity contribution in [3.63, 3.8) is 0 Å². The zero-order valence-corrected chi connectivity index (χ0v) is 15.0. The molecule has 0 aliphatic heterocycles. The van der Waals surface area contributed by atoms with E-state index in [1.807, 2.05) is 32.0 Å². The van der Waals surface area contributed by atoms with Crippen LogP contribution in [0, 0.1) is 5.92 Å². The molecule has 5 heteroatoms. The van der Waals surface area contributed by atoms with E-state index < -0.39 is 6.04 Å². The Labute approximate surface area is 140 Å². The summed E-state index contributed by atoms with van der Waals surface area (Å²) in [4.78, 5) is 14.5. The Morgan fingerprint density at radius 1 is 1.30 bits per heavy atom. The number of methoxy groups -OCH3 is 1. The molecule has 0 bridgehead atoms. The summed E-state index contributed by atoms with van der Waals surface area (Å²) < 4.78 is 5.32. The van der Waals surface area contributed by atoms with Crippen molar-refractivity contribution in [3.05, 3.63) is 29.8 Å². The fourth-order valence-corrected chi connectivity index (χ4v) is 2.59. The lowest BCUT2D eigenvalue weighted by Gasteiger charge is -2.31. The van der Waals surface area contributed by atoms with Crippen LogP contribution in [0.3, 0.4) is 0 Å². The fourth-order valence-electron chi connectivity index (χ4n) is 2.59. The number of amides is 1. The predicted octanol–water partition coefficient (Wildman–Crippen LogP) is 2.18. The Morgan fingerprint density at radius 3 is 2.48 bits per heavy atom. The van der Waals surface area contributed by atoms with E-state index in [0.29, 0.717) is 6.54 Å². The quantitative estimate of drug-likeness (QED) is 0.731. The lowest BCUT2D eigenvalue weighted by molar-refractivity contribution is -0.123. The van der Waals surface area contributed by atoms with E-state index in [0.717, 1.165) is 24.4 Å². The highest BCUT2D eigenvalue weighted by Crippen LogP contribution is 2.23. The molecule has 1 unspecified atom stereocenters. The van der Waals surface area contributed by atoms with Crippen LogP contribution in [0.5, 0.6) is 5.75 Å². The summed E-state index contributed by atoms with van der Waals surface area (Å²) >= 11 is 0. The third kappa shape index (κ3) is 5.52. The molecular formula is C18H31N3O2. The molecule has 1 rings (SSSR count). The van der Waals surface area contributed by atoms with Gasteiger partial charge in [-0.2, -0.15) is 0 Å². The molecule has 1 aromatic rings. The molecule has 1 aromatic carbocycles. The van der Waals surface area contributed by atoms with Crippen molar-refractivity contribution >= 4 is 5.91 Å². The van der Waals surface area contributed by atoms with Gasteiger partial charge in [0, 0.05) is 6.54 Å². The number of hydrogen-bond donors (Lipinski definition) is 2. The largest absolute Gasteiger partial charge is 0.497 e. The van der Waals surface area contributed by atoms with E-state index in [-0.39, 0.29) is 17.9 Å². The maximum atomic E-state index is 12.2. The van der Waals surface area contributed by atoms with Gasteiger partial charge in [0.05, 0.1) is 19.2 Å². The first-order valence-corrected chi connectivity index (χ1v) is 8.35. The molecule has 130 valence electrons. The molecule has 0 heterocycles. The van der Waals surface area contributed by atoms with Crippen LogP contribution in [0.2, 0.25) is 0 Å². The molecule has 0 saturated heterocycles. The summed E-state index contributed by atoms with van der Waals surface area (Å²) in [5.74, 6) is 0.851. The summed E-state index contributed by atoms with van der Waals surface area (Å²) in [6.07, 6.45) is 0. The van der Waals surface area contributed by atoms with Crippen molar-refractivity contribution in [2.45, 2.75) is 39.8 Å². The molecule has 0 aliphatic carbocycles. The number of rotatable bonds is 9. The first-order valence-electron chi connectivity index (χ1n) is 8.35. The van der Waals surface area contributed by atoms with E-state index in [1.165, 1.54) is 0 Å². The maximum Gasteiger partial charge on any atom is 0.237 e. The molecule has 1 amide bonds. The molecular weight excluding hydrogens is 290 g/mol. The minimum atomic E-state index is -0.474. The number of nitrogens with zero attached hydrogens (tertiary/aromatic N) is 1. The van der Waals surface area contributed by atoms with Gasteiger partial charge >= 0.3 is 0 Å². The first-order chi connectivity index (χ1) is 10.9. The van der Waals surface area contributed by atoms with Crippen molar-refractivity contribution in [2.24, 2.45) is 11.7 Å². The van der Waals surface area contributed by atoms with Crippen LogP contribution in [-0.2, 0) is 4.79 Å². The van der Waals surface area contributed by atoms with E-state index in [4.69, 9.17) is 10.5 Å². The average molecular weight is 321 g/mol. The van der Waals surface area contributed by atoms with Crippen LogP contribution in [0.15, 0.2) is 24.3 Å². The molecule has 23 heavy (non-hydrogen) atoms. The predicted molar refractivity (Wildman–Crippen MR) is 94.5 cm³/mol. The Hall–Kier alpha value is -1.59. The highest BCUT2D eigenvalue weighted by molar-refractivity contribution is 5.81. The number of likely N-dealkylation sites (N-methyl/N-ethyl adjacent to an activating group) is 1. The standard InChI is InChI=1S/C18H31N3O2/c1-6-21(7-2)16(12-20-18(22)17(19)13(3)4)14-9-8-10-15(11-14)23-5/h8-11,13,16-17H,6-7,12,19H2,1-5H3,(H,20,22)/t16?,17-/m0/s1. The van der Waals surface area contributed by atoms with E-state index in [1.54, 1.807) is 7.11 Å². The Morgan fingerprint density at radius 2 is 1.96 bits per heavy atom. The summed E-state index contributed by atoms with van der Waals surface area (Å²) in [7, 11) is 1.66. The lowest BCUT2D eigenvalue weighted by Crippen LogP contribution is -2.47. The number of ether oxygens (including phenoxy) is 1. The Bertz CT molecular complexity index is 487. The summed E-state index contributed by atoms with van der Waals surface area (Å²) in [5, 5.41) is 3.00. The normalized spacial score (nSPS) is 13.9. The van der Waals surface area contributed by atoms with Gasteiger partial charge in [-0.1, -0.05) is 39.8 Å². The van der Waals surface area contributed by atoms with Crippen molar-refractivity contribution in [1.82, 2.24) is 10.2 Å². The summed E-state index contributed by atoms with van der Waals surface area (Å²) in [6.45, 7) is 10.5. The van der Waals surface area contributed by atoms with Crippen LogP contribution in [0.4, 0.5) is 0 Å². The number of carbonyl (C=O) groups is 1. The fraction of sp³-hybridized carbons (Fsp3) is 0.611. The zero-order valence-electron chi connectivity index (χ0n) is 15.0. The Kier molecular flexibility index (Phi) is 8.06. The van der Waals surface area contributed by atoms with Gasteiger partial charge in [0.2, 0.25) is 5.91 Å². The van der Waals surface area contributed by atoms with Crippen molar-refractivity contribution in [2.75, 3.05) is 26.7 Å². The van der Waals surface area contributed by atoms with Gasteiger partial charge in [-0.15, -0.1) is 0 Å². The summed E-state index contributed by atoms with van der Waals surface area (Å²) in [6, 6.07) is 7.63. The molecule has 0 fully saturated rings. The van der Waals surface area contributed by atoms with Gasteiger partial charge in [0.25, 0.3) is 0 Å². The van der Waals surface area contributed by atoms with Crippen LogP contribution in [0.25, 0.3) is 0 Å². The smallest absolute Gasteiger partial charge is 0.237 e. The van der Waals surface area contributed by atoms with Crippen molar-refractivity contribution < 1.29 is 9.53 Å². The van der Waals surface area contributed by atoms with Gasteiger partial charge in [-0.05, 0) is 36.7 Å². The third-order valence-corrected chi connectivity index (χ3v) is 4.22. The molecule has 0 saturated carbocycles. The SMILES string of the molecule is CCN(CC)C(CNC(=O)[C@@H](N)C(C)C)c1cccc(OC)c1. The molecule has 2 atom stereocenters.